The molecule has 0 radical (unpaired) electrons. The van der Waals surface area contributed by atoms with Crippen LogP contribution >= 0.6 is 0 Å². The van der Waals surface area contributed by atoms with Gasteiger partial charge in [0.15, 0.2) is 0 Å². The summed E-state index contributed by atoms with van der Waals surface area (Å²) in [4.78, 5) is 27.3. The van der Waals surface area contributed by atoms with Gasteiger partial charge in [-0.3, -0.25) is 15.0 Å². The summed E-state index contributed by atoms with van der Waals surface area (Å²) in [6.07, 6.45) is 4.10. The lowest BCUT2D eigenvalue weighted by molar-refractivity contribution is 0.0270. The molecule has 1 atom stereocenters. The Kier molecular flexibility index (Phi) is 9.08. The number of ether oxygens (including phenoxy) is 1. The highest BCUT2D eigenvalue weighted by atomic mass is 16.5. The summed E-state index contributed by atoms with van der Waals surface area (Å²) in [5.74, 6) is 0.131. The Bertz CT molecular complexity index is 1030. The van der Waals surface area contributed by atoms with Gasteiger partial charge in [0.25, 0.3) is 11.8 Å². The van der Waals surface area contributed by atoms with E-state index in [1.54, 1.807) is 24.3 Å². The fourth-order valence-electron chi connectivity index (χ4n) is 4.49. The number of benzene rings is 2. The Labute approximate surface area is 205 Å². The topological polar surface area (TPSA) is 58.6 Å². The molecule has 0 aromatic heterocycles. The van der Waals surface area contributed by atoms with E-state index in [2.05, 4.69) is 39.7 Å². The number of carbonyl (C=O) groups excluding carboxylic acids is 2. The first kappa shape index (κ1) is 27.2. The fraction of sp³-hybridized carbons (Fsp3) is 0.448. The fourth-order valence-corrected chi connectivity index (χ4v) is 4.49. The standard InChI is InChI=1S/C29H40N2O3/c1-10-12-22-14-15-24(21(5)26(22)34-9)27(32)30-31(25(13-11-2)29(6,7)8)28(33)23-17-19(3)16-20(4)18-23/h10,14-18,25H,1,11-13H2,2-9H3,(H,30,32). The van der Waals surface area contributed by atoms with Crippen molar-refractivity contribution in [2.24, 2.45) is 5.41 Å². The molecule has 5 nitrogen and oxygen atoms in total. The summed E-state index contributed by atoms with van der Waals surface area (Å²) in [6.45, 7) is 18.0. The van der Waals surface area contributed by atoms with Crippen molar-refractivity contribution < 1.29 is 14.3 Å². The Morgan fingerprint density at radius 3 is 2.24 bits per heavy atom. The van der Waals surface area contributed by atoms with Crippen molar-refractivity contribution in [3.8, 4) is 5.75 Å². The molecular weight excluding hydrogens is 424 g/mol. The Morgan fingerprint density at radius 1 is 1.12 bits per heavy atom. The third-order valence-electron chi connectivity index (χ3n) is 6.08. The van der Waals surface area contributed by atoms with Gasteiger partial charge in [0, 0.05) is 16.7 Å². The quantitative estimate of drug-likeness (QED) is 0.366. The molecule has 2 aromatic rings. The van der Waals surface area contributed by atoms with E-state index < -0.39 is 0 Å². The molecule has 1 N–H and O–H groups in total. The highest BCUT2D eigenvalue weighted by molar-refractivity contribution is 6.00. The summed E-state index contributed by atoms with van der Waals surface area (Å²) in [6, 6.07) is 9.27. The number of hydrazine groups is 1. The summed E-state index contributed by atoms with van der Waals surface area (Å²) in [5.41, 5.74) is 7.51. The van der Waals surface area contributed by atoms with Gasteiger partial charge in [-0.25, -0.2) is 5.01 Å². The molecule has 0 saturated carbocycles. The van der Waals surface area contributed by atoms with Crippen molar-refractivity contribution in [3.05, 3.63) is 76.4 Å². The molecule has 2 aromatic carbocycles. The summed E-state index contributed by atoms with van der Waals surface area (Å²) >= 11 is 0. The lowest BCUT2D eigenvalue weighted by atomic mass is 9.83. The Balaban J connectivity index is 2.54. The van der Waals surface area contributed by atoms with E-state index in [0.717, 1.165) is 35.1 Å². The van der Waals surface area contributed by atoms with Crippen molar-refractivity contribution in [1.82, 2.24) is 10.4 Å². The van der Waals surface area contributed by atoms with Crippen LogP contribution in [0.25, 0.3) is 0 Å². The number of amides is 2. The molecule has 0 heterocycles. The molecule has 0 fully saturated rings. The number of nitrogens with zero attached hydrogens (tertiary/aromatic N) is 1. The molecule has 2 rings (SSSR count). The molecule has 0 saturated heterocycles. The summed E-state index contributed by atoms with van der Waals surface area (Å²) in [7, 11) is 1.60. The Morgan fingerprint density at radius 2 is 1.74 bits per heavy atom. The minimum Gasteiger partial charge on any atom is -0.496 e. The minimum absolute atomic E-state index is 0.183. The predicted octanol–water partition coefficient (Wildman–Crippen LogP) is 6.35. The molecule has 1 unspecified atom stereocenters. The van der Waals surface area contributed by atoms with Crippen molar-refractivity contribution >= 4 is 11.8 Å². The number of methoxy groups -OCH3 is 1. The molecule has 34 heavy (non-hydrogen) atoms. The second-order valence-corrected chi connectivity index (χ2v) is 10.1. The second kappa shape index (κ2) is 11.4. The van der Waals surface area contributed by atoms with E-state index in [9.17, 15) is 9.59 Å². The lowest BCUT2D eigenvalue weighted by Crippen LogP contribution is -2.56. The number of allylic oxidation sites excluding steroid dienone is 1. The first-order valence-electron chi connectivity index (χ1n) is 11.9. The van der Waals surface area contributed by atoms with Gasteiger partial charge in [-0.1, -0.05) is 63.5 Å². The molecule has 5 heteroatoms. The van der Waals surface area contributed by atoms with Crippen molar-refractivity contribution in [3.63, 3.8) is 0 Å². The average molecular weight is 465 g/mol. The molecule has 0 aliphatic heterocycles. The number of carbonyl (C=O) groups is 2. The lowest BCUT2D eigenvalue weighted by Gasteiger charge is -2.40. The van der Waals surface area contributed by atoms with Gasteiger partial charge >= 0.3 is 0 Å². The zero-order valence-corrected chi connectivity index (χ0v) is 22.0. The minimum atomic E-state index is -0.330. The highest BCUT2D eigenvalue weighted by Gasteiger charge is 2.35. The largest absolute Gasteiger partial charge is 0.496 e. The molecule has 2 amide bonds. The predicted molar refractivity (Wildman–Crippen MR) is 139 cm³/mol. The zero-order valence-electron chi connectivity index (χ0n) is 22.0. The number of hydrogen-bond donors (Lipinski definition) is 1. The van der Waals surface area contributed by atoms with Crippen LogP contribution in [0.15, 0.2) is 43.0 Å². The Hall–Kier alpha value is -3.08. The first-order valence-corrected chi connectivity index (χ1v) is 11.9. The van der Waals surface area contributed by atoms with Crippen LogP contribution < -0.4 is 10.2 Å². The number of rotatable bonds is 8. The van der Waals surface area contributed by atoms with E-state index in [1.807, 2.05) is 45.0 Å². The maximum Gasteiger partial charge on any atom is 0.272 e. The van der Waals surface area contributed by atoms with E-state index in [0.29, 0.717) is 23.3 Å². The molecule has 184 valence electrons. The molecule has 0 spiro atoms. The van der Waals surface area contributed by atoms with Crippen LogP contribution in [0, 0.1) is 26.2 Å². The first-order chi connectivity index (χ1) is 15.9. The third kappa shape index (κ3) is 6.28. The smallest absolute Gasteiger partial charge is 0.272 e. The van der Waals surface area contributed by atoms with E-state index >= 15 is 0 Å². The number of aryl methyl sites for hydroxylation is 2. The molecular formula is C29H40N2O3. The molecule has 0 aliphatic carbocycles. The van der Waals surface area contributed by atoms with Crippen LogP contribution in [0.4, 0.5) is 0 Å². The molecule has 0 bridgehead atoms. The van der Waals surface area contributed by atoms with Gasteiger partial charge in [-0.15, -0.1) is 6.58 Å². The van der Waals surface area contributed by atoms with Gasteiger partial charge < -0.3 is 4.74 Å². The van der Waals surface area contributed by atoms with Crippen molar-refractivity contribution in [2.75, 3.05) is 7.11 Å². The van der Waals surface area contributed by atoms with Crippen LogP contribution in [-0.2, 0) is 6.42 Å². The number of hydrogen-bond acceptors (Lipinski definition) is 3. The van der Waals surface area contributed by atoms with E-state index in [-0.39, 0.29) is 23.3 Å². The maximum atomic E-state index is 13.8. The van der Waals surface area contributed by atoms with E-state index in [1.165, 1.54) is 0 Å². The molecule has 0 aliphatic rings. The highest BCUT2D eigenvalue weighted by Crippen LogP contribution is 2.30. The van der Waals surface area contributed by atoms with Crippen molar-refractivity contribution in [1.29, 1.82) is 0 Å². The van der Waals surface area contributed by atoms with Crippen LogP contribution in [0.2, 0.25) is 0 Å². The van der Waals surface area contributed by atoms with E-state index in [4.69, 9.17) is 4.74 Å². The average Bonchev–Trinajstić information content (AvgIpc) is 2.74. The van der Waals surface area contributed by atoms with Gasteiger partial charge in [0.1, 0.15) is 5.75 Å². The van der Waals surface area contributed by atoms with Crippen molar-refractivity contribution in [2.45, 2.75) is 73.8 Å². The van der Waals surface area contributed by atoms with Crippen LogP contribution in [-0.4, -0.2) is 30.0 Å². The van der Waals surface area contributed by atoms with Gasteiger partial charge in [0.2, 0.25) is 0 Å². The second-order valence-electron chi connectivity index (χ2n) is 10.1. The zero-order chi connectivity index (χ0) is 25.6. The van der Waals surface area contributed by atoms with Gasteiger partial charge in [-0.2, -0.15) is 0 Å². The summed E-state index contributed by atoms with van der Waals surface area (Å²) < 4.78 is 5.60. The SMILES string of the molecule is C=CCc1ccc(C(=O)NN(C(=O)c2cc(C)cc(C)c2)C(CCC)C(C)(C)C)c(C)c1OC. The van der Waals surface area contributed by atoms with Gasteiger partial charge in [0.05, 0.1) is 13.2 Å². The van der Waals surface area contributed by atoms with Crippen LogP contribution in [0.1, 0.15) is 83.5 Å². The van der Waals surface area contributed by atoms with Crippen LogP contribution in [0.3, 0.4) is 0 Å². The van der Waals surface area contributed by atoms with Crippen LogP contribution in [0.5, 0.6) is 5.75 Å². The maximum absolute atomic E-state index is 13.8. The normalized spacial score (nSPS) is 12.1. The third-order valence-corrected chi connectivity index (χ3v) is 6.08. The van der Waals surface area contributed by atoms with Gasteiger partial charge in [-0.05, 0) is 62.8 Å². The monoisotopic (exact) mass is 464 g/mol. The summed E-state index contributed by atoms with van der Waals surface area (Å²) in [5, 5.41) is 1.55. The number of nitrogens with one attached hydrogen (secondary N) is 1.